The number of methoxy groups -OCH3 is 3. The van der Waals surface area contributed by atoms with Crippen molar-refractivity contribution in [2.75, 3.05) is 34.4 Å². The molecule has 0 saturated carbocycles. The Morgan fingerprint density at radius 3 is 2.48 bits per heavy atom. The number of carboxylic acid groups (broad SMARTS) is 1. The summed E-state index contributed by atoms with van der Waals surface area (Å²) < 4.78 is 30.6. The van der Waals surface area contributed by atoms with E-state index in [-0.39, 0.29) is 5.82 Å². The molecule has 2 aromatic rings. The maximum atomic E-state index is 14.2. The van der Waals surface area contributed by atoms with Crippen molar-refractivity contribution in [2.24, 2.45) is 5.92 Å². The zero-order valence-electron chi connectivity index (χ0n) is 16.9. The Balaban J connectivity index is 2.15. The zero-order valence-corrected chi connectivity index (χ0v) is 16.9. The molecule has 2 unspecified atom stereocenters. The lowest BCUT2D eigenvalue weighted by Gasteiger charge is -2.38. The largest absolute Gasteiger partial charge is 0.497 e. The van der Waals surface area contributed by atoms with E-state index in [9.17, 15) is 14.3 Å². The van der Waals surface area contributed by atoms with Gasteiger partial charge in [0, 0.05) is 23.7 Å². The van der Waals surface area contributed by atoms with Crippen LogP contribution in [-0.2, 0) is 4.79 Å². The van der Waals surface area contributed by atoms with Gasteiger partial charge in [0.05, 0.1) is 33.3 Å². The first-order valence-corrected chi connectivity index (χ1v) is 9.50. The normalized spacial score (nSPS) is 18.1. The molecule has 0 spiro atoms. The second-order valence-corrected chi connectivity index (χ2v) is 7.07. The van der Waals surface area contributed by atoms with Gasteiger partial charge < -0.3 is 19.3 Å². The monoisotopic (exact) mass is 403 g/mol. The third-order valence-corrected chi connectivity index (χ3v) is 5.39. The molecule has 6 nitrogen and oxygen atoms in total. The smallest absolute Gasteiger partial charge is 0.307 e. The Kier molecular flexibility index (Phi) is 6.59. The third kappa shape index (κ3) is 4.45. The van der Waals surface area contributed by atoms with Crippen LogP contribution in [0.1, 0.15) is 30.0 Å². The molecular weight excluding hydrogens is 377 g/mol. The van der Waals surface area contributed by atoms with Gasteiger partial charge in [0.15, 0.2) is 0 Å². The van der Waals surface area contributed by atoms with Crippen LogP contribution in [0.25, 0.3) is 0 Å². The van der Waals surface area contributed by atoms with Crippen LogP contribution in [0.15, 0.2) is 36.4 Å². The first-order chi connectivity index (χ1) is 14.0. The van der Waals surface area contributed by atoms with Crippen molar-refractivity contribution in [3.8, 4) is 17.2 Å². The fourth-order valence-electron chi connectivity index (χ4n) is 3.97. The van der Waals surface area contributed by atoms with Crippen molar-refractivity contribution in [3.63, 3.8) is 0 Å². The molecule has 1 aliphatic rings. The minimum Gasteiger partial charge on any atom is -0.497 e. The van der Waals surface area contributed by atoms with E-state index in [1.54, 1.807) is 26.4 Å². The van der Waals surface area contributed by atoms with Crippen molar-refractivity contribution in [2.45, 2.75) is 18.9 Å². The van der Waals surface area contributed by atoms with E-state index < -0.39 is 17.9 Å². The number of piperidine rings is 1. The molecule has 1 fully saturated rings. The number of hydrogen-bond donors (Lipinski definition) is 1. The minimum absolute atomic E-state index is 0.356. The molecule has 0 radical (unpaired) electrons. The number of aliphatic carboxylic acids is 1. The maximum absolute atomic E-state index is 14.2. The van der Waals surface area contributed by atoms with Crippen LogP contribution in [0.4, 0.5) is 4.39 Å². The van der Waals surface area contributed by atoms with Crippen LogP contribution in [0.5, 0.6) is 17.2 Å². The number of halogens is 1. The maximum Gasteiger partial charge on any atom is 0.307 e. The molecule has 2 aromatic carbocycles. The highest BCUT2D eigenvalue weighted by Crippen LogP contribution is 2.42. The van der Waals surface area contributed by atoms with Crippen LogP contribution in [0.2, 0.25) is 0 Å². The second-order valence-electron chi connectivity index (χ2n) is 7.07. The van der Waals surface area contributed by atoms with E-state index in [4.69, 9.17) is 14.2 Å². The van der Waals surface area contributed by atoms with Crippen LogP contribution in [-0.4, -0.2) is 50.4 Å². The highest BCUT2D eigenvalue weighted by atomic mass is 19.1. The molecule has 0 bridgehead atoms. The number of hydrogen-bond acceptors (Lipinski definition) is 5. The number of carbonyl (C=O) groups is 1. The van der Waals surface area contributed by atoms with Crippen molar-refractivity contribution in [1.29, 1.82) is 0 Å². The molecule has 0 aromatic heterocycles. The predicted molar refractivity (Wildman–Crippen MR) is 106 cm³/mol. The van der Waals surface area contributed by atoms with Crippen molar-refractivity contribution in [3.05, 3.63) is 53.3 Å². The Morgan fingerprint density at radius 1 is 1.07 bits per heavy atom. The lowest BCUT2D eigenvalue weighted by atomic mass is 9.90. The van der Waals surface area contributed by atoms with Crippen LogP contribution in [0.3, 0.4) is 0 Å². The van der Waals surface area contributed by atoms with Gasteiger partial charge in [-0.1, -0.05) is 0 Å². The van der Waals surface area contributed by atoms with Crippen LogP contribution in [0, 0.1) is 11.7 Å². The molecule has 1 heterocycles. The van der Waals surface area contributed by atoms with E-state index >= 15 is 0 Å². The summed E-state index contributed by atoms with van der Waals surface area (Å²) in [5.74, 6) is 0.0731. The first-order valence-electron chi connectivity index (χ1n) is 9.50. The van der Waals surface area contributed by atoms with E-state index in [2.05, 4.69) is 4.90 Å². The second kappa shape index (κ2) is 9.13. The van der Waals surface area contributed by atoms with Crippen molar-refractivity contribution < 1.29 is 28.5 Å². The zero-order chi connectivity index (χ0) is 21.0. The highest BCUT2D eigenvalue weighted by Gasteiger charge is 2.34. The summed E-state index contributed by atoms with van der Waals surface area (Å²) in [7, 11) is 4.67. The lowest BCUT2D eigenvalue weighted by Crippen LogP contribution is -2.41. The Labute approximate surface area is 169 Å². The van der Waals surface area contributed by atoms with Gasteiger partial charge >= 0.3 is 5.97 Å². The standard InChI is InChI=1S/C22H26FNO5/c1-27-16-7-8-17(20(12-16)29-3)21(18-11-15(23)6-9-19(18)28-2)24-10-4-5-14(13-24)22(25)26/h6-9,11-12,14,21H,4-5,10,13H2,1-3H3,(H,25,26). The fourth-order valence-corrected chi connectivity index (χ4v) is 3.97. The Morgan fingerprint density at radius 2 is 1.83 bits per heavy atom. The van der Waals surface area contributed by atoms with Gasteiger partial charge in [-0.15, -0.1) is 0 Å². The average Bonchev–Trinajstić information content (AvgIpc) is 2.74. The van der Waals surface area contributed by atoms with E-state index in [0.717, 1.165) is 12.0 Å². The Hall–Kier alpha value is -2.80. The van der Waals surface area contributed by atoms with E-state index in [1.165, 1.54) is 19.2 Å². The van der Waals surface area contributed by atoms with Gasteiger partial charge in [-0.2, -0.15) is 0 Å². The predicted octanol–water partition coefficient (Wildman–Crippen LogP) is 3.74. The molecular formula is C22H26FNO5. The minimum atomic E-state index is -0.818. The summed E-state index contributed by atoms with van der Waals surface area (Å²) >= 11 is 0. The van der Waals surface area contributed by atoms with Crippen molar-refractivity contribution in [1.82, 2.24) is 4.90 Å². The molecule has 2 atom stereocenters. The first kappa shape index (κ1) is 20.9. The van der Waals surface area contributed by atoms with Crippen molar-refractivity contribution >= 4 is 5.97 Å². The summed E-state index contributed by atoms with van der Waals surface area (Å²) in [5, 5.41) is 9.54. The third-order valence-electron chi connectivity index (χ3n) is 5.39. The van der Waals surface area contributed by atoms with Gasteiger partial charge in [-0.25, -0.2) is 4.39 Å². The quantitative estimate of drug-likeness (QED) is 0.760. The SMILES string of the molecule is COc1ccc(C(c2cc(F)ccc2OC)N2CCCC(C(=O)O)C2)c(OC)c1. The summed E-state index contributed by atoms with van der Waals surface area (Å²) in [5.41, 5.74) is 1.42. The van der Waals surface area contributed by atoms with Crippen LogP contribution < -0.4 is 14.2 Å². The number of nitrogens with zero attached hydrogens (tertiary/aromatic N) is 1. The van der Waals surface area contributed by atoms with Gasteiger partial charge in [0.25, 0.3) is 0 Å². The van der Waals surface area contributed by atoms with Gasteiger partial charge in [-0.3, -0.25) is 9.69 Å². The van der Waals surface area contributed by atoms with E-state index in [1.807, 2.05) is 12.1 Å². The number of benzene rings is 2. The summed E-state index contributed by atoms with van der Waals surface area (Å²) in [6.45, 7) is 1.04. The van der Waals surface area contributed by atoms with Gasteiger partial charge in [0.2, 0.25) is 0 Å². The fraction of sp³-hybridized carbons (Fsp3) is 0.409. The number of ether oxygens (including phenoxy) is 3. The topological polar surface area (TPSA) is 68.2 Å². The summed E-state index contributed by atoms with van der Waals surface area (Å²) in [6, 6.07) is 9.41. The number of carboxylic acids is 1. The summed E-state index contributed by atoms with van der Waals surface area (Å²) in [4.78, 5) is 13.7. The average molecular weight is 403 g/mol. The molecule has 1 aliphatic heterocycles. The summed E-state index contributed by atoms with van der Waals surface area (Å²) in [6.07, 6.45) is 1.36. The van der Waals surface area contributed by atoms with E-state index in [0.29, 0.717) is 42.3 Å². The Bertz CT molecular complexity index is 872. The molecule has 29 heavy (non-hydrogen) atoms. The molecule has 0 aliphatic carbocycles. The van der Waals surface area contributed by atoms with Gasteiger partial charge in [-0.05, 0) is 49.7 Å². The van der Waals surface area contributed by atoms with Gasteiger partial charge in [0.1, 0.15) is 23.1 Å². The molecule has 156 valence electrons. The number of rotatable bonds is 7. The molecule has 7 heteroatoms. The molecule has 1 saturated heterocycles. The van der Waals surface area contributed by atoms with Crippen LogP contribution >= 0.6 is 0 Å². The molecule has 3 rings (SSSR count). The lowest BCUT2D eigenvalue weighted by molar-refractivity contribution is -0.143. The molecule has 0 amide bonds. The highest BCUT2D eigenvalue weighted by molar-refractivity contribution is 5.70. The number of likely N-dealkylation sites (tertiary alicyclic amines) is 1. The molecule has 1 N–H and O–H groups in total.